The molecule has 1 fully saturated rings. The highest BCUT2D eigenvalue weighted by atomic mass is 16.1. The smallest absolute Gasteiger partial charge is 0.171 e. The third kappa shape index (κ3) is 2.01. The number of rotatable bonds is 3. The number of aromatic nitrogens is 3. The Morgan fingerprint density at radius 1 is 1.39 bits per heavy atom. The number of carbonyl (C=O) groups excluding carboxylic acids is 1. The number of pyridine rings is 1. The largest absolute Gasteiger partial charge is 0.317 e. The predicted octanol–water partition coefficient (Wildman–Crippen LogP) is 1.08. The maximum Gasteiger partial charge on any atom is 0.171 e. The van der Waals surface area contributed by atoms with E-state index in [-0.39, 0.29) is 0 Å². The molecule has 2 aromatic rings. The van der Waals surface area contributed by atoms with Crippen molar-refractivity contribution in [3.05, 3.63) is 29.7 Å². The normalized spacial score (nSPS) is 17.1. The molecule has 0 amide bonds. The number of fused-ring (bicyclic) bond motifs is 1. The van der Waals surface area contributed by atoms with E-state index in [4.69, 9.17) is 0 Å². The minimum atomic E-state index is 0.599. The zero-order valence-electron chi connectivity index (χ0n) is 10.2. The van der Waals surface area contributed by atoms with Crippen LogP contribution < -0.4 is 5.32 Å². The number of carbonyl (C=O) groups is 1. The van der Waals surface area contributed by atoms with Crippen molar-refractivity contribution in [2.75, 3.05) is 13.1 Å². The maximum absolute atomic E-state index is 10.9. The second-order valence-corrected chi connectivity index (χ2v) is 4.79. The van der Waals surface area contributed by atoms with Gasteiger partial charge in [0.05, 0.1) is 5.56 Å². The van der Waals surface area contributed by atoms with Crippen molar-refractivity contribution in [1.29, 1.82) is 0 Å². The van der Waals surface area contributed by atoms with E-state index in [1.165, 1.54) is 12.8 Å². The second kappa shape index (κ2) is 4.86. The monoisotopic (exact) mass is 244 g/mol. The summed E-state index contributed by atoms with van der Waals surface area (Å²) in [6.07, 6.45) is 6.06. The van der Waals surface area contributed by atoms with Gasteiger partial charge in [-0.2, -0.15) is 0 Å². The molecule has 0 bridgehead atoms. The molecule has 0 unspecified atom stereocenters. The molecule has 2 aromatic heterocycles. The van der Waals surface area contributed by atoms with Crippen molar-refractivity contribution in [2.24, 2.45) is 5.92 Å². The van der Waals surface area contributed by atoms with Crippen LogP contribution in [0.1, 0.15) is 29.0 Å². The molecule has 3 heterocycles. The van der Waals surface area contributed by atoms with Crippen LogP contribution in [0, 0.1) is 5.92 Å². The SMILES string of the molecule is O=Cc1cccn2c(CC3CCNCC3)nnc12. The summed E-state index contributed by atoms with van der Waals surface area (Å²) in [5, 5.41) is 11.7. The summed E-state index contributed by atoms with van der Waals surface area (Å²) in [6, 6.07) is 3.64. The van der Waals surface area contributed by atoms with E-state index in [1.54, 1.807) is 6.07 Å². The van der Waals surface area contributed by atoms with Crippen molar-refractivity contribution >= 4 is 11.9 Å². The fourth-order valence-corrected chi connectivity index (χ4v) is 2.56. The highest BCUT2D eigenvalue weighted by molar-refractivity contribution is 5.83. The third-order valence-corrected chi connectivity index (χ3v) is 3.59. The van der Waals surface area contributed by atoms with Gasteiger partial charge in [0.15, 0.2) is 11.9 Å². The second-order valence-electron chi connectivity index (χ2n) is 4.79. The summed E-state index contributed by atoms with van der Waals surface area (Å²) in [5.74, 6) is 1.62. The number of hydrogen-bond donors (Lipinski definition) is 1. The Hall–Kier alpha value is -1.75. The van der Waals surface area contributed by atoms with E-state index < -0.39 is 0 Å². The van der Waals surface area contributed by atoms with Crippen LogP contribution >= 0.6 is 0 Å². The van der Waals surface area contributed by atoms with Crippen molar-refractivity contribution in [3.63, 3.8) is 0 Å². The van der Waals surface area contributed by atoms with Gasteiger partial charge >= 0.3 is 0 Å². The molecular formula is C13H16N4O. The fraction of sp³-hybridized carbons (Fsp3) is 0.462. The molecule has 94 valence electrons. The molecule has 1 aliphatic heterocycles. The Balaban J connectivity index is 1.90. The molecule has 0 aromatic carbocycles. The predicted molar refractivity (Wildman–Crippen MR) is 67.7 cm³/mol. The lowest BCUT2D eigenvalue weighted by atomic mass is 9.94. The molecule has 0 spiro atoms. The first kappa shape index (κ1) is 11.3. The van der Waals surface area contributed by atoms with Crippen molar-refractivity contribution in [1.82, 2.24) is 19.9 Å². The van der Waals surface area contributed by atoms with Crippen LogP contribution in [0.2, 0.25) is 0 Å². The van der Waals surface area contributed by atoms with E-state index >= 15 is 0 Å². The Morgan fingerprint density at radius 3 is 3.00 bits per heavy atom. The molecule has 0 saturated carbocycles. The van der Waals surface area contributed by atoms with Gasteiger partial charge in [0.2, 0.25) is 0 Å². The summed E-state index contributed by atoms with van der Waals surface area (Å²) in [5.41, 5.74) is 1.26. The molecule has 1 aliphatic rings. The van der Waals surface area contributed by atoms with Gasteiger partial charge in [-0.1, -0.05) is 0 Å². The number of piperidine rings is 1. The van der Waals surface area contributed by atoms with Crippen molar-refractivity contribution < 1.29 is 4.79 Å². The Labute approximate surface area is 105 Å². The van der Waals surface area contributed by atoms with Gasteiger partial charge in [-0.05, 0) is 44.0 Å². The molecule has 18 heavy (non-hydrogen) atoms. The number of nitrogens with one attached hydrogen (secondary N) is 1. The third-order valence-electron chi connectivity index (χ3n) is 3.59. The summed E-state index contributed by atoms with van der Waals surface area (Å²) in [7, 11) is 0. The highest BCUT2D eigenvalue weighted by Crippen LogP contribution is 2.18. The first-order valence-electron chi connectivity index (χ1n) is 6.37. The standard InChI is InChI=1S/C13H16N4O/c18-9-11-2-1-7-17-12(15-16-13(11)17)8-10-3-5-14-6-4-10/h1-2,7,9-10,14H,3-6,8H2. The topological polar surface area (TPSA) is 59.3 Å². The van der Waals surface area contributed by atoms with E-state index in [1.807, 2.05) is 16.7 Å². The number of hydrogen-bond acceptors (Lipinski definition) is 4. The van der Waals surface area contributed by atoms with Crippen LogP contribution in [0.25, 0.3) is 5.65 Å². The molecule has 5 nitrogen and oxygen atoms in total. The van der Waals surface area contributed by atoms with Gasteiger partial charge in [0.25, 0.3) is 0 Å². The van der Waals surface area contributed by atoms with Crippen LogP contribution in [0.15, 0.2) is 18.3 Å². The van der Waals surface area contributed by atoms with Crippen LogP contribution in [0.3, 0.4) is 0 Å². The van der Waals surface area contributed by atoms with Crippen LogP contribution in [0.5, 0.6) is 0 Å². The van der Waals surface area contributed by atoms with E-state index in [0.29, 0.717) is 17.1 Å². The first-order valence-corrected chi connectivity index (χ1v) is 6.37. The van der Waals surface area contributed by atoms with Gasteiger partial charge in [-0.25, -0.2) is 0 Å². The molecule has 0 radical (unpaired) electrons. The van der Waals surface area contributed by atoms with Gasteiger partial charge in [-0.15, -0.1) is 10.2 Å². The average Bonchev–Trinajstić information content (AvgIpc) is 2.83. The number of aldehydes is 1. The molecule has 1 saturated heterocycles. The zero-order chi connectivity index (χ0) is 12.4. The molecule has 0 aliphatic carbocycles. The van der Waals surface area contributed by atoms with Gasteiger partial charge in [0.1, 0.15) is 5.82 Å². The minimum absolute atomic E-state index is 0.599. The maximum atomic E-state index is 10.9. The van der Waals surface area contributed by atoms with Crippen LogP contribution in [-0.4, -0.2) is 34.0 Å². The van der Waals surface area contributed by atoms with Crippen LogP contribution in [0.4, 0.5) is 0 Å². The lowest BCUT2D eigenvalue weighted by Gasteiger charge is -2.21. The molecule has 5 heteroatoms. The Bertz CT molecular complexity index is 557. The van der Waals surface area contributed by atoms with Crippen molar-refractivity contribution in [2.45, 2.75) is 19.3 Å². The molecule has 3 rings (SSSR count). The summed E-state index contributed by atoms with van der Waals surface area (Å²) in [6.45, 7) is 2.17. The average molecular weight is 244 g/mol. The van der Waals surface area contributed by atoms with Gasteiger partial charge in [-0.3, -0.25) is 9.20 Å². The summed E-state index contributed by atoms with van der Waals surface area (Å²) >= 11 is 0. The van der Waals surface area contributed by atoms with Gasteiger partial charge in [0, 0.05) is 12.6 Å². The van der Waals surface area contributed by atoms with E-state index in [0.717, 1.165) is 31.6 Å². The lowest BCUT2D eigenvalue weighted by Crippen LogP contribution is -2.29. The van der Waals surface area contributed by atoms with Crippen LogP contribution in [-0.2, 0) is 6.42 Å². The quantitative estimate of drug-likeness (QED) is 0.821. The highest BCUT2D eigenvalue weighted by Gasteiger charge is 2.17. The minimum Gasteiger partial charge on any atom is -0.317 e. The Morgan fingerprint density at radius 2 is 2.22 bits per heavy atom. The molecule has 1 N–H and O–H groups in total. The lowest BCUT2D eigenvalue weighted by molar-refractivity contribution is 0.112. The fourth-order valence-electron chi connectivity index (χ4n) is 2.56. The van der Waals surface area contributed by atoms with E-state index in [9.17, 15) is 4.79 Å². The van der Waals surface area contributed by atoms with E-state index in [2.05, 4.69) is 15.5 Å². The number of nitrogens with zero attached hydrogens (tertiary/aromatic N) is 3. The molecule has 0 atom stereocenters. The summed E-state index contributed by atoms with van der Waals surface area (Å²) in [4.78, 5) is 10.9. The molecular weight excluding hydrogens is 228 g/mol. The van der Waals surface area contributed by atoms with Gasteiger partial charge < -0.3 is 5.32 Å². The zero-order valence-corrected chi connectivity index (χ0v) is 10.2. The first-order chi connectivity index (χ1) is 8.88. The van der Waals surface area contributed by atoms with Crippen molar-refractivity contribution in [3.8, 4) is 0 Å². The summed E-state index contributed by atoms with van der Waals surface area (Å²) < 4.78 is 1.94. The Kier molecular flexibility index (Phi) is 3.06.